The first-order valence-corrected chi connectivity index (χ1v) is 4.31. The molecule has 0 rings (SSSR count). The Bertz CT molecular complexity index is 246. The standard InChI is InChI=1S/C9H18N2O3/c1-8(2,6(10)12)11-7(13)9(3,4)14-5/h1-5H3,(H2,10,12)(H,11,13). The second-order valence-electron chi connectivity index (χ2n) is 4.16. The summed E-state index contributed by atoms with van der Waals surface area (Å²) in [5.41, 5.74) is 3.08. The Morgan fingerprint density at radius 2 is 1.64 bits per heavy atom. The fourth-order valence-corrected chi connectivity index (χ4v) is 0.589. The van der Waals surface area contributed by atoms with Crippen molar-refractivity contribution in [2.45, 2.75) is 38.8 Å². The summed E-state index contributed by atoms with van der Waals surface area (Å²) in [5.74, 6) is -0.957. The lowest BCUT2D eigenvalue weighted by Gasteiger charge is -2.28. The number of nitrogens with one attached hydrogen (secondary N) is 1. The molecule has 0 aliphatic heterocycles. The molecule has 3 N–H and O–H groups in total. The third kappa shape index (κ3) is 2.99. The van der Waals surface area contributed by atoms with Gasteiger partial charge in [0.05, 0.1) is 0 Å². The maximum atomic E-state index is 11.6. The Labute approximate surface area is 84.0 Å². The molecule has 0 atom stereocenters. The number of carbonyl (C=O) groups is 2. The van der Waals surface area contributed by atoms with E-state index in [2.05, 4.69) is 5.32 Å². The number of nitrogens with two attached hydrogens (primary N) is 1. The Kier molecular flexibility index (Phi) is 3.65. The van der Waals surface area contributed by atoms with Crippen molar-refractivity contribution in [2.75, 3.05) is 7.11 Å². The van der Waals surface area contributed by atoms with Crippen LogP contribution in [0.5, 0.6) is 0 Å². The van der Waals surface area contributed by atoms with Gasteiger partial charge in [0.2, 0.25) is 5.91 Å². The fraction of sp³-hybridized carbons (Fsp3) is 0.778. The molecule has 0 saturated carbocycles. The zero-order chi connectivity index (χ0) is 11.6. The van der Waals surface area contributed by atoms with E-state index in [4.69, 9.17) is 10.5 Å². The number of carbonyl (C=O) groups excluding carboxylic acids is 2. The van der Waals surface area contributed by atoms with Crippen molar-refractivity contribution in [3.05, 3.63) is 0 Å². The Hall–Kier alpha value is -1.10. The molecule has 0 aromatic heterocycles. The van der Waals surface area contributed by atoms with Crippen LogP contribution in [0.25, 0.3) is 0 Å². The second kappa shape index (κ2) is 3.96. The number of primary amides is 1. The quantitative estimate of drug-likeness (QED) is 0.662. The zero-order valence-electron chi connectivity index (χ0n) is 9.30. The van der Waals surface area contributed by atoms with Crippen LogP contribution in [0.3, 0.4) is 0 Å². The molecule has 5 heteroatoms. The van der Waals surface area contributed by atoms with Crippen LogP contribution >= 0.6 is 0 Å². The summed E-state index contributed by atoms with van der Waals surface area (Å²) in [6.45, 7) is 6.30. The predicted octanol–water partition coefficient (Wildman–Crippen LogP) is -0.208. The second-order valence-corrected chi connectivity index (χ2v) is 4.16. The number of ether oxygens (including phenoxy) is 1. The Morgan fingerprint density at radius 1 is 1.21 bits per heavy atom. The highest BCUT2D eigenvalue weighted by Crippen LogP contribution is 2.10. The van der Waals surface area contributed by atoms with Crippen molar-refractivity contribution < 1.29 is 14.3 Å². The summed E-state index contributed by atoms with van der Waals surface area (Å²) >= 11 is 0. The average Bonchev–Trinajstić information content (AvgIpc) is 2.03. The molecular formula is C9H18N2O3. The zero-order valence-corrected chi connectivity index (χ0v) is 9.30. The van der Waals surface area contributed by atoms with Crippen molar-refractivity contribution in [3.63, 3.8) is 0 Å². The van der Waals surface area contributed by atoms with E-state index in [9.17, 15) is 9.59 Å². The van der Waals surface area contributed by atoms with Crippen LogP contribution in [0.2, 0.25) is 0 Å². The van der Waals surface area contributed by atoms with Crippen molar-refractivity contribution in [3.8, 4) is 0 Å². The monoisotopic (exact) mass is 202 g/mol. The van der Waals surface area contributed by atoms with Crippen molar-refractivity contribution in [2.24, 2.45) is 5.73 Å². The van der Waals surface area contributed by atoms with Gasteiger partial charge in [-0.05, 0) is 27.7 Å². The van der Waals surface area contributed by atoms with Crippen LogP contribution in [-0.4, -0.2) is 30.1 Å². The largest absolute Gasteiger partial charge is 0.369 e. The molecule has 5 nitrogen and oxygen atoms in total. The number of rotatable bonds is 4. The van der Waals surface area contributed by atoms with Crippen LogP contribution < -0.4 is 11.1 Å². The summed E-state index contributed by atoms with van der Waals surface area (Å²) in [7, 11) is 1.43. The molecule has 0 unspecified atom stereocenters. The topological polar surface area (TPSA) is 81.4 Å². The minimum atomic E-state index is -1.06. The highest BCUT2D eigenvalue weighted by molar-refractivity contribution is 5.92. The molecule has 0 spiro atoms. The van der Waals surface area contributed by atoms with Crippen LogP contribution in [0.4, 0.5) is 0 Å². The lowest BCUT2D eigenvalue weighted by molar-refractivity contribution is -0.143. The minimum absolute atomic E-state index is 0.371. The molecule has 0 saturated heterocycles. The van der Waals surface area contributed by atoms with E-state index in [0.717, 1.165) is 0 Å². The smallest absolute Gasteiger partial charge is 0.252 e. The summed E-state index contributed by atoms with van der Waals surface area (Å²) in [4.78, 5) is 22.5. The number of hydrogen-bond donors (Lipinski definition) is 2. The third-order valence-corrected chi connectivity index (χ3v) is 2.10. The van der Waals surface area contributed by atoms with Crippen molar-refractivity contribution >= 4 is 11.8 Å². The highest BCUT2D eigenvalue weighted by atomic mass is 16.5. The lowest BCUT2D eigenvalue weighted by atomic mass is 10.0. The van der Waals surface area contributed by atoms with Crippen LogP contribution in [0, 0.1) is 0 Å². The van der Waals surface area contributed by atoms with E-state index >= 15 is 0 Å². The molecule has 0 aliphatic carbocycles. The van der Waals surface area contributed by atoms with E-state index in [1.165, 1.54) is 7.11 Å². The molecule has 0 radical (unpaired) electrons. The average molecular weight is 202 g/mol. The van der Waals surface area contributed by atoms with Crippen LogP contribution in [0.1, 0.15) is 27.7 Å². The van der Waals surface area contributed by atoms with E-state index in [1.807, 2.05) is 0 Å². The maximum Gasteiger partial charge on any atom is 0.252 e. The molecule has 0 aromatic carbocycles. The summed E-state index contributed by atoms with van der Waals surface area (Å²) in [5, 5.41) is 2.51. The first-order valence-electron chi connectivity index (χ1n) is 4.31. The van der Waals surface area contributed by atoms with Gasteiger partial charge in [0.1, 0.15) is 11.1 Å². The molecule has 0 heterocycles. The molecule has 0 bridgehead atoms. The Balaban J connectivity index is 4.56. The van der Waals surface area contributed by atoms with Gasteiger partial charge in [0.15, 0.2) is 0 Å². The van der Waals surface area contributed by atoms with Gasteiger partial charge in [0.25, 0.3) is 5.91 Å². The summed E-state index contributed by atoms with van der Waals surface area (Å²) < 4.78 is 4.96. The van der Waals surface area contributed by atoms with E-state index in [1.54, 1.807) is 27.7 Å². The first-order chi connectivity index (χ1) is 6.13. The van der Waals surface area contributed by atoms with E-state index < -0.39 is 17.0 Å². The van der Waals surface area contributed by atoms with Gasteiger partial charge in [-0.1, -0.05) is 0 Å². The van der Waals surface area contributed by atoms with Crippen molar-refractivity contribution in [1.82, 2.24) is 5.32 Å². The van der Waals surface area contributed by atoms with Crippen molar-refractivity contribution in [1.29, 1.82) is 0 Å². The van der Waals surface area contributed by atoms with Gasteiger partial charge in [-0.3, -0.25) is 9.59 Å². The first kappa shape index (κ1) is 12.9. The number of hydrogen-bond acceptors (Lipinski definition) is 3. The predicted molar refractivity (Wildman–Crippen MR) is 52.5 cm³/mol. The summed E-state index contributed by atoms with van der Waals surface area (Å²) in [6.07, 6.45) is 0. The normalized spacial score (nSPS) is 12.4. The molecule has 2 amide bonds. The van der Waals surface area contributed by atoms with Gasteiger partial charge < -0.3 is 15.8 Å². The van der Waals surface area contributed by atoms with Gasteiger partial charge in [-0.15, -0.1) is 0 Å². The maximum absolute atomic E-state index is 11.6. The Morgan fingerprint density at radius 3 is 1.93 bits per heavy atom. The molecule has 0 fully saturated rings. The lowest BCUT2D eigenvalue weighted by Crippen LogP contribution is -2.58. The van der Waals surface area contributed by atoms with Gasteiger partial charge in [-0.25, -0.2) is 0 Å². The van der Waals surface area contributed by atoms with Gasteiger partial charge in [-0.2, -0.15) is 0 Å². The molecule has 0 aliphatic rings. The molecular weight excluding hydrogens is 184 g/mol. The molecule has 0 aromatic rings. The van der Waals surface area contributed by atoms with E-state index in [-0.39, 0.29) is 5.91 Å². The molecule has 82 valence electrons. The van der Waals surface area contributed by atoms with Crippen LogP contribution in [0.15, 0.2) is 0 Å². The third-order valence-electron chi connectivity index (χ3n) is 2.10. The molecule has 14 heavy (non-hydrogen) atoms. The number of amides is 2. The fourth-order valence-electron chi connectivity index (χ4n) is 0.589. The SMILES string of the molecule is COC(C)(C)C(=O)NC(C)(C)C(N)=O. The van der Waals surface area contributed by atoms with Gasteiger partial charge >= 0.3 is 0 Å². The highest BCUT2D eigenvalue weighted by Gasteiger charge is 2.34. The number of methoxy groups -OCH3 is 1. The minimum Gasteiger partial charge on any atom is -0.369 e. The van der Waals surface area contributed by atoms with E-state index in [0.29, 0.717) is 0 Å². The summed E-state index contributed by atoms with van der Waals surface area (Å²) in [6, 6.07) is 0. The van der Waals surface area contributed by atoms with Gasteiger partial charge in [0, 0.05) is 7.11 Å². The van der Waals surface area contributed by atoms with Crippen LogP contribution in [-0.2, 0) is 14.3 Å².